The second kappa shape index (κ2) is 8.09. The van der Waals surface area contributed by atoms with Crippen LogP contribution in [0.15, 0.2) is 0 Å². The van der Waals surface area contributed by atoms with Gasteiger partial charge in [0, 0.05) is 7.11 Å². The summed E-state index contributed by atoms with van der Waals surface area (Å²) in [5.74, 6) is -1.46. The van der Waals surface area contributed by atoms with E-state index >= 15 is 0 Å². The molecule has 4 unspecified atom stereocenters. The van der Waals surface area contributed by atoms with Crippen molar-refractivity contribution in [1.29, 1.82) is 0 Å². The number of carbonyl (C=O) groups is 2. The van der Waals surface area contributed by atoms with Gasteiger partial charge in [-0.1, -0.05) is 53.9 Å². The number of methoxy groups -OCH3 is 1. The molecule has 1 fully saturated rings. The Balaban J connectivity index is 2.95. The van der Waals surface area contributed by atoms with Crippen LogP contribution in [0.4, 0.5) is 0 Å². The Morgan fingerprint density at radius 3 is 2.23 bits per heavy atom. The zero-order valence-electron chi connectivity index (χ0n) is 15.0. The Morgan fingerprint density at radius 1 is 1.14 bits per heavy atom. The predicted octanol–water partition coefficient (Wildman–Crippen LogP) is 3.97. The molecule has 0 radical (unpaired) electrons. The molecule has 1 aliphatic heterocycles. The molecule has 128 valence electrons. The van der Waals surface area contributed by atoms with Crippen LogP contribution >= 0.6 is 0 Å². The molecule has 0 bridgehead atoms. The van der Waals surface area contributed by atoms with Crippen LogP contribution in [0.2, 0.25) is 0 Å². The Hall–Kier alpha value is -0.900. The lowest BCUT2D eigenvalue weighted by molar-refractivity contribution is -0.155. The first-order valence-electron chi connectivity index (χ1n) is 8.55. The van der Waals surface area contributed by atoms with Crippen LogP contribution in [0.1, 0.15) is 66.7 Å². The third-order valence-electron chi connectivity index (χ3n) is 4.87. The highest BCUT2D eigenvalue weighted by atomic mass is 16.6. The lowest BCUT2D eigenvalue weighted by atomic mass is 9.73. The topological polar surface area (TPSA) is 52.6 Å². The van der Waals surface area contributed by atoms with E-state index < -0.39 is 11.9 Å². The molecule has 4 atom stereocenters. The van der Waals surface area contributed by atoms with Crippen LogP contribution < -0.4 is 0 Å². The van der Waals surface area contributed by atoms with Gasteiger partial charge >= 0.3 is 11.9 Å². The largest absolute Gasteiger partial charge is 0.393 e. The molecule has 1 rings (SSSR count). The number of cyclic esters (lactones) is 2. The Bertz CT molecular complexity index is 389. The fourth-order valence-corrected chi connectivity index (χ4v) is 3.81. The smallest absolute Gasteiger partial charge is 0.320 e. The molecular formula is C18H32O4. The van der Waals surface area contributed by atoms with E-state index in [0.29, 0.717) is 0 Å². The average Bonchev–Trinajstić information content (AvgIpc) is 2.71. The van der Waals surface area contributed by atoms with Crippen molar-refractivity contribution in [2.45, 2.75) is 72.8 Å². The van der Waals surface area contributed by atoms with Crippen molar-refractivity contribution in [3.63, 3.8) is 0 Å². The highest BCUT2D eigenvalue weighted by Crippen LogP contribution is 2.40. The Morgan fingerprint density at radius 2 is 1.73 bits per heavy atom. The lowest BCUT2D eigenvalue weighted by Crippen LogP contribution is -2.38. The van der Waals surface area contributed by atoms with Crippen LogP contribution in [0.3, 0.4) is 0 Å². The van der Waals surface area contributed by atoms with Gasteiger partial charge < -0.3 is 9.47 Å². The Labute approximate surface area is 134 Å². The highest BCUT2D eigenvalue weighted by Gasteiger charge is 2.51. The van der Waals surface area contributed by atoms with Gasteiger partial charge in [-0.3, -0.25) is 9.59 Å². The van der Waals surface area contributed by atoms with E-state index in [1.165, 1.54) is 0 Å². The highest BCUT2D eigenvalue weighted by molar-refractivity contribution is 5.97. The minimum atomic E-state index is -0.463. The SMILES string of the molecule is CCCC(C)C1C(=O)OC(=O)C1C(CC(C)(C)CCC)OC. The summed E-state index contributed by atoms with van der Waals surface area (Å²) in [7, 11) is 1.63. The fraction of sp³-hybridized carbons (Fsp3) is 0.889. The van der Waals surface area contributed by atoms with Gasteiger partial charge in [0.2, 0.25) is 0 Å². The summed E-state index contributed by atoms with van der Waals surface area (Å²) in [4.78, 5) is 24.3. The van der Waals surface area contributed by atoms with E-state index in [9.17, 15) is 9.59 Å². The fourth-order valence-electron chi connectivity index (χ4n) is 3.81. The monoisotopic (exact) mass is 312 g/mol. The van der Waals surface area contributed by atoms with E-state index in [0.717, 1.165) is 32.1 Å². The van der Waals surface area contributed by atoms with Crippen LogP contribution in [0.5, 0.6) is 0 Å². The molecule has 0 spiro atoms. The molecule has 0 aliphatic carbocycles. The lowest BCUT2D eigenvalue weighted by Gasteiger charge is -2.33. The van der Waals surface area contributed by atoms with Gasteiger partial charge in [-0.2, -0.15) is 0 Å². The van der Waals surface area contributed by atoms with Gasteiger partial charge in [-0.15, -0.1) is 0 Å². The van der Waals surface area contributed by atoms with Gasteiger partial charge in [-0.05, 0) is 24.2 Å². The average molecular weight is 312 g/mol. The molecule has 0 aromatic carbocycles. The summed E-state index contributed by atoms with van der Waals surface area (Å²) in [5, 5.41) is 0. The van der Waals surface area contributed by atoms with E-state index in [-0.39, 0.29) is 29.3 Å². The van der Waals surface area contributed by atoms with E-state index in [1.54, 1.807) is 7.11 Å². The second-order valence-electron chi connectivity index (χ2n) is 7.45. The third kappa shape index (κ3) is 4.55. The summed E-state index contributed by atoms with van der Waals surface area (Å²) in [6.45, 7) is 10.7. The van der Waals surface area contributed by atoms with Crippen LogP contribution in [0, 0.1) is 23.2 Å². The zero-order valence-corrected chi connectivity index (χ0v) is 15.0. The van der Waals surface area contributed by atoms with Crippen LogP contribution in [0.25, 0.3) is 0 Å². The maximum Gasteiger partial charge on any atom is 0.320 e. The van der Waals surface area contributed by atoms with E-state index in [2.05, 4.69) is 27.7 Å². The van der Waals surface area contributed by atoms with Crippen molar-refractivity contribution in [3.05, 3.63) is 0 Å². The van der Waals surface area contributed by atoms with Crippen molar-refractivity contribution in [2.24, 2.45) is 23.2 Å². The zero-order chi connectivity index (χ0) is 16.9. The first-order chi connectivity index (χ1) is 10.3. The molecule has 0 saturated carbocycles. The summed E-state index contributed by atoms with van der Waals surface area (Å²) in [6.07, 6.45) is 4.57. The number of carbonyl (C=O) groups excluding carboxylic acids is 2. The van der Waals surface area contributed by atoms with Gasteiger partial charge in [0.1, 0.15) is 0 Å². The van der Waals surface area contributed by atoms with Crippen molar-refractivity contribution in [3.8, 4) is 0 Å². The van der Waals surface area contributed by atoms with E-state index in [1.807, 2.05) is 6.92 Å². The van der Waals surface area contributed by atoms with Crippen molar-refractivity contribution in [1.82, 2.24) is 0 Å². The number of rotatable bonds is 9. The molecule has 0 amide bonds. The molecule has 1 aliphatic rings. The van der Waals surface area contributed by atoms with E-state index in [4.69, 9.17) is 9.47 Å². The first-order valence-corrected chi connectivity index (χ1v) is 8.55. The van der Waals surface area contributed by atoms with Gasteiger partial charge in [-0.25, -0.2) is 0 Å². The van der Waals surface area contributed by atoms with Gasteiger partial charge in [0.15, 0.2) is 0 Å². The van der Waals surface area contributed by atoms with Crippen molar-refractivity contribution in [2.75, 3.05) is 7.11 Å². The Kier molecular flexibility index (Phi) is 7.04. The summed E-state index contributed by atoms with van der Waals surface area (Å²) < 4.78 is 10.6. The molecule has 1 heterocycles. The third-order valence-corrected chi connectivity index (χ3v) is 4.87. The minimum Gasteiger partial charge on any atom is -0.393 e. The van der Waals surface area contributed by atoms with Crippen LogP contribution in [-0.2, 0) is 19.1 Å². The number of hydrogen-bond donors (Lipinski definition) is 0. The molecule has 1 saturated heterocycles. The summed E-state index contributed by atoms with van der Waals surface area (Å²) >= 11 is 0. The summed E-state index contributed by atoms with van der Waals surface area (Å²) in [5.41, 5.74) is 0.0832. The van der Waals surface area contributed by atoms with Crippen molar-refractivity contribution < 1.29 is 19.1 Å². The predicted molar refractivity (Wildman–Crippen MR) is 86.3 cm³/mol. The molecule has 0 aromatic heterocycles. The first kappa shape index (κ1) is 19.1. The standard InChI is InChI=1S/C18H32O4/c1-7-9-12(3)14-15(17(20)22-16(14)19)13(21-6)11-18(4,5)10-8-2/h12-15H,7-11H2,1-6H3. The number of esters is 2. The molecule has 4 nitrogen and oxygen atoms in total. The van der Waals surface area contributed by atoms with Crippen LogP contribution in [-0.4, -0.2) is 25.2 Å². The van der Waals surface area contributed by atoms with Gasteiger partial charge in [0.05, 0.1) is 17.9 Å². The minimum absolute atomic E-state index is 0.0832. The molecule has 0 aromatic rings. The molecule has 4 heteroatoms. The quantitative estimate of drug-likeness (QED) is 0.477. The van der Waals surface area contributed by atoms with Crippen molar-refractivity contribution >= 4 is 11.9 Å². The summed E-state index contributed by atoms with van der Waals surface area (Å²) in [6, 6.07) is 0. The number of ether oxygens (including phenoxy) is 2. The molecule has 22 heavy (non-hydrogen) atoms. The second-order valence-corrected chi connectivity index (χ2v) is 7.45. The molecule has 0 N–H and O–H groups in total. The van der Waals surface area contributed by atoms with Gasteiger partial charge in [0.25, 0.3) is 0 Å². The maximum absolute atomic E-state index is 12.2. The number of hydrogen-bond acceptors (Lipinski definition) is 4. The maximum atomic E-state index is 12.2. The molecular weight excluding hydrogens is 280 g/mol. The normalized spacial score (nSPS) is 25.2.